The summed E-state index contributed by atoms with van der Waals surface area (Å²) in [6, 6.07) is 0.612. The van der Waals surface area contributed by atoms with E-state index in [9.17, 15) is 0 Å². The summed E-state index contributed by atoms with van der Waals surface area (Å²) in [5.41, 5.74) is 3.85. The molecule has 3 N–H and O–H groups in total. The maximum atomic E-state index is 5.56. The van der Waals surface area contributed by atoms with Crippen molar-refractivity contribution in [2.75, 3.05) is 16.9 Å². The number of hydrazine groups is 1. The number of rotatable bonds is 5. The molecule has 0 saturated carbocycles. The molecule has 18 heavy (non-hydrogen) atoms. The number of aromatic nitrogens is 2. The van der Waals surface area contributed by atoms with Crippen LogP contribution in [0.4, 0.5) is 11.6 Å². The normalized spacial score (nSPS) is 19.3. The van der Waals surface area contributed by atoms with Gasteiger partial charge in [0.15, 0.2) is 0 Å². The summed E-state index contributed by atoms with van der Waals surface area (Å²) in [6.07, 6.45) is 7.31. The molecular weight excluding hydrogens is 226 g/mol. The van der Waals surface area contributed by atoms with Crippen molar-refractivity contribution in [2.24, 2.45) is 5.84 Å². The lowest BCUT2D eigenvalue weighted by Gasteiger charge is -2.27. The number of nitrogens with two attached hydrogens (primary N) is 1. The van der Waals surface area contributed by atoms with Gasteiger partial charge in [-0.25, -0.2) is 15.8 Å². The fourth-order valence-corrected chi connectivity index (χ4v) is 2.79. The van der Waals surface area contributed by atoms with E-state index in [2.05, 4.69) is 34.1 Å². The molecule has 100 valence electrons. The van der Waals surface area contributed by atoms with E-state index in [4.69, 9.17) is 5.84 Å². The molecule has 1 aromatic heterocycles. The average molecular weight is 249 g/mol. The fourth-order valence-electron chi connectivity index (χ4n) is 2.79. The van der Waals surface area contributed by atoms with Crippen molar-refractivity contribution in [1.29, 1.82) is 0 Å². The van der Waals surface area contributed by atoms with Crippen LogP contribution in [0.5, 0.6) is 0 Å². The zero-order chi connectivity index (χ0) is 13.0. The number of anilines is 2. The Labute approximate surface area is 109 Å². The summed E-state index contributed by atoms with van der Waals surface area (Å²) in [5, 5.41) is 0. The lowest BCUT2D eigenvalue weighted by Crippen LogP contribution is -2.31. The van der Waals surface area contributed by atoms with Crippen LogP contribution in [0.15, 0.2) is 6.33 Å². The Kier molecular flexibility index (Phi) is 4.36. The minimum absolute atomic E-state index is 0.612. The molecule has 1 atom stereocenters. The molecule has 1 aliphatic rings. The van der Waals surface area contributed by atoms with Gasteiger partial charge >= 0.3 is 0 Å². The fraction of sp³-hybridized carbons (Fsp3) is 0.692. The van der Waals surface area contributed by atoms with Crippen molar-refractivity contribution in [3.63, 3.8) is 0 Å². The Balaban J connectivity index is 2.36. The zero-order valence-corrected chi connectivity index (χ0v) is 11.3. The lowest BCUT2D eigenvalue weighted by atomic mass is 10.1. The molecule has 1 aliphatic heterocycles. The van der Waals surface area contributed by atoms with Crippen molar-refractivity contribution >= 4 is 11.6 Å². The summed E-state index contributed by atoms with van der Waals surface area (Å²) >= 11 is 0. The van der Waals surface area contributed by atoms with Gasteiger partial charge in [0.25, 0.3) is 0 Å². The van der Waals surface area contributed by atoms with Gasteiger partial charge in [0.2, 0.25) is 0 Å². The second kappa shape index (κ2) is 6.00. The van der Waals surface area contributed by atoms with Crippen LogP contribution >= 0.6 is 0 Å². The van der Waals surface area contributed by atoms with Gasteiger partial charge < -0.3 is 10.3 Å². The summed E-state index contributed by atoms with van der Waals surface area (Å²) in [4.78, 5) is 11.2. The zero-order valence-electron chi connectivity index (χ0n) is 11.3. The first-order valence-corrected chi connectivity index (χ1v) is 6.88. The quantitative estimate of drug-likeness (QED) is 0.618. The Morgan fingerprint density at radius 3 is 2.94 bits per heavy atom. The van der Waals surface area contributed by atoms with E-state index in [0.717, 1.165) is 36.6 Å². The molecule has 0 amide bonds. The smallest absolute Gasteiger partial charge is 0.148 e. The second-order valence-corrected chi connectivity index (χ2v) is 4.82. The maximum absolute atomic E-state index is 5.56. The summed E-state index contributed by atoms with van der Waals surface area (Å²) in [6.45, 7) is 5.50. The van der Waals surface area contributed by atoms with E-state index in [1.807, 2.05) is 0 Å². The maximum Gasteiger partial charge on any atom is 0.148 e. The number of nitrogen functional groups attached to an aromatic ring is 1. The van der Waals surface area contributed by atoms with E-state index in [1.165, 1.54) is 19.3 Å². The van der Waals surface area contributed by atoms with Crippen LogP contribution in [-0.2, 0) is 6.42 Å². The molecule has 1 fully saturated rings. The van der Waals surface area contributed by atoms with Crippen molar-refractivity contribution in [3.8, 4) is 0 Å². The topological polar surface area (TPSA) is 67.1 Å². The van der Waals surface area contributed by atoms with Gasteiger partial charge in [0, 0.05) is 18.2 Å². The molecule has 1 aromatic rings. The van der Waals surface area contributed by atoms with Gasteiger partial charge in [-0.2, -0.15) is 0 Å². The predicted octanol–water partition coefficient (Wildman–Crippen LogP) is 2.09. The van der Waals surface area contributed by atoms with Gasteiger partial charge in [0.1, 0.15) is 18.0 Å². The van der Waals surface area contributed by atoms with Gasteiger partial charge in [-0.1, -0.05) is 20.3 Å². The van der Waals surface area contributed by atoms with E-state index < -0.39 is 0 Å². The number of hydrogen-bond donors (Lipinski definition) is 2. The third-order valence-corrected chi connectivity index (χ3v) is 3.68. The average Bonchev–Trinajstić information content (AvgIpc) is 2.87. The van der Waals surface area contributed by atoms with Crippen LogP contribution in [0, 0.1) is 0 Å². The van der Waals surface area contributed by atoms with Crippen LogP contribution in [0.2, 0.25) is 0 Å². The van der Waals surface area contributed by atoms with Crippen LogP contribution in [0.25, 0.3) is 0 Å². The van der Waals surface area contributed by atoms with Gasteiger partial charge in [-0.15, -0.1) is 0 Å². The highest BCUT2D eigenvalue weighted by Gasteiger charge is 2.26. The summed E-state index contributed by atoms with van der Waals surface area (Å²) in [5.74, 6) is 7.40. The van der Waals surface area contributed by atoms with Crippen molar-refractivity contribution < 1.29 is 0 Å². The Morgan fingerprint density at radius 1 is 1.44 bits per heavy atom. The summed E-state index contributed by atoms with van der Waals surface area (Å²) in [7, 11) is 0. The van der Waals surface area contributed by atoms with Crippen LogP contribution in [0.3, 0.4) is 0 Å². The highest BCUT2D eigenvalue weighted by atomic mass is 15.3. The van der Waals surface area contributed by atoms with E-state index in [0.29, 0.717) is 6.04 Å². The molecule has 5 heteroatoms. The van der Waals surface area contributed by atoms with Crippen LogP contribution in [0.1, 0.15) is 45.1 Å². The molecule has 0 spiro atoms. The highest BCUT2D eigenvalue weighted by molar-refractivity contribution is 5.59. The van der Waals surface area contributed by atoms with E-state index in [1.54, 1.807) is 6.33 Å². The highest BCUT2D eigenvalue weighted by Crippen LogP contribution is 2.31. The molecule has 2 heterocycles. The molecule has 5 nitrogen and oxygen atoms in total. The van der Waals surface area contributed by atoms with Crippen molar-refractivity contribution in [1.82, 2.24) is 9.97 Å². The minimum atomic E-state index is 0.612. The minimum Gasteiger partial charge on any atom is -0.353 e. The molecule has 2 rings (SSSR count). The first-order valence-electron chi connectivity index (χ1n) is 6.88. The SMILES string of the molecule is CCCc1c(NN)ncnc1N1CCCC1CC. The molecule has 1 saturated heterocycles. The Hall–Kier alpha value is -1.36. The molecular formula is C13H23N5. The van der Waals surface area contributed by atoms with Crippen LogP contribution in [-0.4, -0.2) is 22.6 Å². The van der Waals surface area contributed by atoms with E-state index >= 15 is 0 Å². The second-order valence-electron chi connectivity index (χ2n) is 4.82. The van der Waals surface area contributed by atoms with E-state index in [-0.39, 0.29) is 0 Å². The van der Waals surface area contributed by atoms with Gasteiger partial charge in [0.05, 0.1) is 0 Å². The Morgan fingerprint density at radius 2 is 2.28 bits per heavy atom. The molecule has 0 radical (unpaired) electrons. The number of nitrogens with one attached hydrogen (secondary N) is 1. The first kappa shape index (κ1) is 13.1. The largest absolute Gasteiger partial charge is 0.353 e. The third kappa shape index (κ3) is 2.41. The van der Waals surface area contributed by atoms with Crippen molar-refractivity contribution in [3.05, 3.63) is 11.9 Å². The standard InChI is InChI=1S/C13H23N5/c1-3-6-11-12(17-14)15-9-16-13(11)18-8-5-7-10(18)4-2/h9-10H,3-8,14H2,1-2H3,(H,15,16,17). The van der Waals surface area contributed by atoms with Crippen molar-refractivity contribution in [2.45, 2.75) is 52.0 Å². The van der Waals surface area contributed by atoms with Crippen LogP contribution < -0.4 is 16.2 Å². The Bertz CT molecular complexity index is 393. The monoisotopic (exact) mass is 249 g/mol. The summed E-state index contributed by atoms with van der Waals surface area (Å²) < 4.78 is 0. The number of nitrogens with zero attached hydrogens (tertiary/aromatic N) is 3. The third-order valence-electron chi connectivity index (χ3n) is 3.68. The first-order chi connectivity index (χ1) is 8.81. The predicted molar refractivity (Wildman–Crippen MR) is 74.5 cm³/mol. The molecule has 0 aromatic carbocycles. The molecule has 0 bridgehead atoms. The number of hydrogen-bond acceptors (Lipinski definition) is 5. The molecule has 1 unspecified atom stereocenters. The van der Waals surface area contributed by atoms with Gasteiger partial charge in [-0.05, 0) is 25.7 Å². The molecule has 0 aliphatic carbocycles. The van der Waals surface area contributed by atoms with Gasteiger partial charge in [-0.3, -0.25) is 0 Å². The lowest BCUT2D eigenvalue weighted by molar-refractivity contribution is 0.637.